The van der Waals surface area contributed by atoms with Gasteiger partial charge in [0.25, 0.3) is 0 Å². The van der Waals surface area contributed by atoms with Gasteiger partial charge in [-0.25, -0.2) is 0 Å². The van der Waals surface area contributed by atoms with Crippen LogP contribution in [-0.2, 0) is 0 Å². The van der Waals surface area contributed by atoms with Crippen molar-refractivity contribution in [1.82, 2.24) is 4.57 Å². The zero-order valence-corrected chi connectivity index (χ0v) is 18.0. The first-order valence-corrected chi connectivity index (χ1v) is 10.1. The van der Waals surface area contributed by atoms with Gasteiger partial charge >= 0.3 is 0 Å². The number of aromatic nitrogens is 1. The Morgan fingerprint density at radius 3 is 2.04 bits per heavy atom. The quantitative estimate of drug-likeness (QED) is 0.464. The molecule has 0 amide bonds. The molecule has 2 aromatic carbocycles. The highest BCUT2D eigenvalue weighted by molar-refractivity contribution is 5.84. The Morgan fingerprint density at radius 1 is 0.857 bits per heavy atom. The van der Waals surface area contributed by atoms with Crippen LogP contribution in [0.3, 0.4) is 0 Å². The van der Waals surface area contributed by atoms with Crippen LogP contribution in [0, 0.1) is 27.7 Å². The van der Waals surface area contributed by atoms with Crippen LogP contribution >= 0.6 is 0 Å². The van der Waals surface area contributed by atoms with Crippen molar-refractivity contribution in [3.63, 3.8) is 0 Å². The predicted molar refractivity (Wildman–Crippen MR) is 122 cm³/mol. The number of aliphatic imine (C=N–C) groups is 1. The van der Waals surface area contributed by atoms with Crippen LogP contribution < -0.4 is 4.90 Å². The summed E-state index contributed by atoms with van der Waals surface area (Å²) in [6, 6.07) is 17.4. The third-order valence-electron chi connectivity index (χ3n) is 5.27. The van der Waals surface area contributed by atoms with E-state index in [-0.39, 0.29) is 0 Å². The second-order valence-electron chi connectivity index (χ2n) is 7.45. The van der Waals surface area contributed by atoms with E-state index in [0.717, 1.165) is 24.3 Å². The summed E-state index contributed by atoms with van der Waals surface area (Å²) in [5, 5.41) is 0. The summed E-state index contributed by atoms with van der Waals surface area (Å²) < 4.78 is 2.31. The molecule has 3 aromatic rings. The molecule has 146 valence electrons. The van der Waals surface area contributed by atoms with Gasteiger partial charge in [-0.15, -0.1) is 0 Å². The van der Waals surface area contributed by atoms with Gasteiger partial charge < -0.3 is 9.47 Å². The van der Waals surface area contributed by atoms with Gasteiger partial charge in [0.15, 0.2) is 0 Å². The fourth-order valence-electron chi connectivity index (χ4n) is 3.88. The van der Waals surface area contributed by atoms with Crippen molar-refractivity contribution >= 4 is 17.6 Å². The molecule has 3 nitrogen and oxygen atoms in total. The molecule has 0 aliphatic carbocycles. The Bertz CT molecular complexity index is 954. The zero-order valence-electron chi connectivity index (χ0n) is 18.0. The van der Waals surface area contributed by atoms with Crippen LogP contribution in [0.2, 0.25) is 0 Å². The summed E-state index contributed by atoms with van der Waals surface area (Å²) >= 11 is 0. The van der Waals surface area contributed by atoms with E-state index in [1.807, 2.05) is 6.21 Å². The largest absolute Gasteiger partial charge is 0.372 e. The molecule has 0 atom stereocenters. The molecule has 0 aliphatic heterocycles. The molecule has 0 fully saturated rings. The molecule has 28 heavy (non-hydrogen) atoms. The number of anilines is 1. The van der Waals surface area contributed by atoms with Gasteiger partial charge in [-0.05, 0) is 95.1 Å². The van der Waals surface area contributed by atoms with Crippen LogP contribution in [0.1, 0.15) is 41.9 Å². The number of nitrogens with zero attached hydrogens (tertiary/aromatic N) is 3. The molecule has 3 heteroatoms. The average molecular weight is 374 g/mol. The first-order valence-electron chi connectivity index (χ1n) is 10.1. The molecule has 0 aliphatic rings. The van der Waals surface area contributed by atoms with Crippen molar-refractivity contribution in [2.75, 3.05) is 18.0 Å². The van der Waals surface area contributed by atoms with Crippen LogP contribution in [0.5, 0.6) is 0 Å². The molecule has 0 saturated heterocycles. The minimum absolute atomic E-state index is 0.979. The van der Waals surface area contributed by atoms with Gasteiger partial charge in [-0.3, -0.25) is 4.99 Å². The zero-order chi connectivity index (χ0) is 20.3. The van der Waals surface area contributed by atoms with Crippen LogP contribution in [0.25, 0.3) is 5.69 Å². The van der Waals surface area contributed by atoms with E-state index in [4.69, 9.17) is 4.99 Å². The highest BCUT2D eigenvalue weighted by atomic mass is 15.1. The monoisotopic (exact) mass is 373 g/mol. The Hall–Kier alpha value is -2.81. The first kappa shape index (κ1) is 19.9. The maximum atomic E-state index is 4.72. The lowest BCUT2D eigenvalue weighted by molar-refractivity contribution is 0.866. The second kappa shape index (κ2) is 8.47. The Labute approximate surface area is 169 Å². The molecule has 1 heterocycles. The van der Waals surface area contributed by atoms with E-state index in [1.165, 1.54) is 33.9 Å². The summed E-state index contributed by atoms with van der Waals surface area (Å²) in [5.41, 5.74) is 9.60. The van der Waals surface area contributed by atoms with Crippen molar-refractivity contribution in [2.24, 2.45) is 4.99 Å². The maximum absolute atomic E-state index is 4.72. The third kappa shape index (κ3) is 4.19. The molecule has 3 rings (SSSR count). The molecular formula is C25H31N3. The fourth-order valence-corrected chi connectivity index (χ4v) is 3.88. The molecule has 0 spiro atoms. The van der Waals surface area contributed by atoms with Gasteiger partial charge in [0.05, 0.1) is 5.69 Å². The number of hydrogen-bond donors (Lipinski definition) is 0. The summed E-state index contributed by atoms with van der Waals surface area (Å²) in [5.74, 6) is 0. The Balaban J connectivity index is 1.87. The molecule has 0 bridgehead atoms. The van der Waals surface area contributed by atoms with E-state index < -0.39 is 0 Å². The fraction of sp³-hybridized carbons (Fsp3) is 0.320. The number of hydrogen-bond acceptors (Lipinski definition) is 2. The maximum Gasteiger partial charge on any atom is 0.0631 e. The predicted octanol–water partition coefficient (Wildman–Crippen LogP) is 6.31. The molecule has 0 radical (unpaired) electrons. The van der Waals surface area contributed by atoms with Crippen LogP contribution in [-0.4, -0.2) is 23.9 Å². The normalized spacial score (nSPS) is 11.4. The third-order valence-corrected chi connectivity index (χ3v) is 5.27. The van der Waals surface area contributed by atoms with E-state index in [9.17, 15) is 0 Å². The van der Waals surface area contributed by atoms with Crippen molar-refractivity contribution in [2.45, 2.75) is 41.5 Å². The van der Waals surface area contributed by atoms with Gasteiger partial charge in [0, 0.05) is 47.6 Å². The molecular weight excluding hydrogens is 342 g/mol. The molecule has 0 unspecified atom stereocenters. The summed E-state index contributed by atoms with van der Waals surface area (Å²) in [4.78, 5) is 7.05. The lowest BCUT2D eigenvalue weighted by Gasteiger charge is -2.20. The van der Waals surface area contributed by atoms with Gasteiger partial charge in [0.1, 0.15) is 0 Å². The number of rotatable bonds is 6. The second-order valence-corrected chi connectivity index (χ2v) is 7.45. The van der Waals surface area contributed by atoms with E-state index in [0.29, 0.717) is 0 Å². The van der Waals surface area contributed by atoms with Gasteiger partial charge in [-0.2, -0.15) is 0 Å². The lowest BCUT2D eigenvalue weighted by atomic mass is 10.1. The molecule has 0 saturated carbocycles. The smallest absolute Gasteiger partial charge is 0.0631 e. The minimum Gasteiger partial charge on any atom is -0.372 e. The van der Waals surface area contributed by atoms with Crippen molar-refractivity contribution in [3.05, 3.63) is 76.6 Å². The van der Waals surface area contributed by atoms with E-state index >= 15 is 0 Å². The standard InChI is InChI=1S/C25H31N3/c1-7-27(8-2)24-11-9-23(10-12-24)26-17-22-16-20(5)28(21(22)6)25-14-18(3)13-19(4)15-25/h9-17H,7-8H2,1-6H3. The highest BCUT2D eigenvalue weighted by Gasteiger charge is 2.10. The highest BCUT2D eigenvalue weighted by Crippen LogP contribution is 2.23. The van der Waals surface area contributed by atoms with E-state index in [1.54, 1.807) is 0 Å². The van der Waals surface area contributed by atoms with Gasteiger partial charge in [0.2, 0.25) is 0 Å². The topological polar surface area (TPSA) is 20.5 Å². The number of benzene rings is 2. The number of aryl methyl sites for hydroxylation is 3. The SMILES string of the molecule is CCN(CC)c1ccc(N=Cc2cc(C)n(-c3cc(C)cc(C)c3)c2C)cc1. The summed E-state index contributed by atoms with van der Waals surface area (Å²) in [7, 11) is 0. The molecule has 1 aromatic heterocycles. The van der Waals surface area contributed by atoms with Crippen LogP contribution in [0.4, 0.5) is 11.4 Å². The average Bonchev–Trinajstić information content (AvgIpc) is 2.94. The lowest BCUT2D eigenvalue weighted by Crippen LogP contribution is -2.21. The minimum atomic E-state index is 0.979. The molecule has 0 N–H and O–H groups in total. The first-order chi connectivity index (χ1) is 13.4. The van der Waals surface area contributed by atoms with Crippen molar-refractivity contribution in [1.29, 1.82) is 0 Å². The van der Waals surface area contributed by atoms with Crippen LogP contribution in [0.15, 0.2) is 53.5 Å². The van der Waals surface area contributed by atoms with Crippen molar-refractivity contribution in [3.8, 4) is 5.69 Å². The van der Waals surface area contributed by atoms with E-state index in [2.05, 4.69) is 99.5 Å². The van der Waals surface area contributed by atoms with Crippen molar-refractivity contribution < 1.29 is 0 Å². The Kier molecular flexibility index (Phi) is 6.03. The Morgan fingerprint density at radius 2 is 1.46 bits per heavy atom. The summed E-state index contributed by atoms with van der Waals surface area (Å²) in [6.45, 7) is 15.0. The van der Waals surface area contributed by atoms with Gasteiger partial charge in [-0.1, -0.05) is 6.07 Å². The summed E-state index contributed by atoms with van der Waals surface area (Å²) in [6.07, 6.45) is 1.98.